The van der Waals surface area contributed by atoms with Crippen molar-refractivity contribution in [3.05, 3.63) is 35.4 Å². The Hall–Kier alpha value is -1.77. The molecule has 0 atom stereocenters. The van der Waals surface area contributed by atoms with Gasteiger partial charge in [0.05, 0.1) is 11.3 Å². The molecule has 0 saturated heterocycles. The number of allylic oxidation sites excluding steroid dienone is 2. The van der Waals surface area contributed by atoms with E-state index in [0.29, 0.717) is 12.2 Å². The molecule has 3 nitrogen and oxygen atoms in total. The first-order chi connectivity index (χ1) is 9.86. The molecule has 1 heterocycles. The van der Waals surface area contributed by atoms with Crippen molar-refractivity contribution in [1.29, 1.82) is 0 Å². The fraction of sp³-hybridized carbons (Fsp3) is 0.471. The number of carbonyl (C=O) groups is 1. The lowest BCUT2D eigenvalue weighted by Crippen LogP contribution is -2.20. The Morgan fingerprint density at radius 2 is 2.05 bits per heavy atom. The van der Waals surface area contributed by atoms with E-state index in [1.807, 2.05) is 18.2 Å². The van der Waals surface area contributed by atoms with Crippen LogP contribution in [0.1, 0.15) is 48.9 Å². The summed E-state index contributed by atoms with van der Waals surface area (Å²) < 4.78 is 5.71. The lowest BCUT2D eigenvalue weighted by atomic mass is 9.93. The molecule has 1 aromatic rings. The van der Waals surface area contributed by atoms with Crippen LogP contribution in [0.3, 0.4) is 0 Å². The maximum absolute atomic E-state index is 12.8. The minimum absolute atomic E-state index is 0.146. The Kier molecular flexibility index (Phi) is 4.05. The predicted molar refractivity (Wildman–Crippen MR) is 80.5 cm³/mol. The first-order valence-electron chi connectivity index (χ1n) is 7.59. The minimum Gasteiger partial charge on any atom is -0.489 e. The molecule has 0 unspecified atom stereocenters. The number of hydrogen-bond donors (Lipinski definition) is 1. The van der Waals surface area contributed by atoms with Crippen LogP contribution in [0.2, 0.25) is 0 Å². The van der Waals surface area contributed by atoms with Crippen molar-refractivity contribution < 1.29 is 9.53 Å². The Bertz CT molecular complexity index is 534. The first kappa shape index (κ1) is 13.2. The van der Waals surface area contributed by atoms with Gasteiger partial charge in [0.15, 0.2) is 11.5 Å². The first-order valence-corrected chi connectivity index (χ1v) is 7.59. The zero-order valence-corrected chi connectivity index (χ0v) is 11.8. The van der Waals surface area contributed by atoms with Crippen LogP contribution >= 0.6 is 0 Å². The lowest BCUT2D eigenvalue weighted by molar-refractivity contribution is 0.102. The molecule has 0 spiro atoms. The van der Waals surface area contributed by atoms with Crippen LogP contribution in [-0.2, 0) is 0 Å². The molecule has 0 saturated carbocycles. The molecule has 0 amide bonds. The average molecular weight is 271 g/mol. The van der Waals surface area contributed by atoms with Crippen LogP contribution in [0.5, 0.6) is 5.75 Å². The molecule has 0 radical (unpaired) electrons. The standard InChI is InChI=1S/C17H21NO2/c19-16(13-7-4-2-1-3-5-8-13)14-9-6-10-15-17(14)20-12-11-18-15/h6-7,9-10,18H,1-5,8,11-12H2/b13-7+. The molecular weight excluding hydrogens is 250 g/mol. The highest BCUT2D eigenvalue weighted by Gasteiger charge is 2.21. The van der Waals surface area contributed by atoms with E-state index in [4.69, 9.17) is 4.74 Å². The van der Waals surface area contributed by atoms with Crippen molar-refractivity contribution in [2.75, 3.05) is 18.5 Å². The predicted octanol–water partition coefficient (Wildman–Crippen LogP) is 3.95. The Balaban J connectivity index is 1.90. The van der Waals surface area contributed by atoms with Crippen molar-refractivity contribution in [3.63, 3.8) is 0 Å². The second-order valence-electron chi connectivity index (χ2n) is 5.47. The van der Waals surface area contributed by atoms with Gasteiger partial charge in [-0.1, -0.05) is 25.0 Å². The van der Waals surface area contributed by atoms with Crippen molar-refractivity contribution in [1.82, 2.24) is 0 Å². The smallest absolute Gasteiger partial charge is 0.192 e. The molecule has 0 bridgehead atoms. The van der Waals surface area contributed by atoms with Gasteiger partial charge in [-0.3, -0.25) is 4.79 Å². The normalized spacial score (nSPS) is 21.3. The van der Waals surface area contributed by atoms with E-state index in [1.165, 1.54) is 19.3 Å². The van der Waals surface area contributed by atoms with Gasteiger partial charge in [-0.15, -0.1) is 0 Å². The summed E-state index contributed by atoms with van der Waals surface area (Å²) in [5.41, 5.74) is 2.61. The molecule has 0 aromatic heterocycles. The number of rotatable bonds is 2. The lowest BCUT2D eigenvalue weighted by Gasteiger charge is -2.22. The fourth-order valence-corrected chi connectivity index (χ4v) is 2.92. The molecule has 20 heavy (non-hydrogen) atoms. The van der Waals surface area contributed by atoms with Gasteiger partial charge < -0.3 is 10.1 Å². The highest BCUT2D eigenvalue weighted by molar-refractivity contribution is 6.11. The number of benzene rings is 1. The summed E-state index contributed by atoms with van der Waals surface area (Å²) in [6, 6.07) is 5.78. The van der Waals surface area contributed by atoms with Crippen molar-refractivity contribution in [2.45, 2.75) is 38.5 Å². The Morgan fingerprint density at radius 3 is 3.00 bits per heavy atom. The number of nitrogens with one attached hydrogen (secondary N) is 1. The van der Waals surface area contributed by atoms with Crippen LogP contribution in [-0.4, -0.2) is 18.9 Å². The van der Waals surface area contributed by atoms with E-state index < -0.39 is 0 Å². The number of carbonyl (C=O) groups excluding carboxylic acids is 1. The van der Waals surface area contributed by atoms with Gasteiger partial charge in [-0.2, -0.15) is 0 Å². The Morgan fingerprint density at radius 1 is 1.15 bits per heavy atom. The van der Waals surface area contributed by atoms with Crippen molar-refractivity contribution in [3.8, 4) is 5.75 Å². The average Bonchev–Trinajstić information content (AvgIpc) is 2.46. The third-order valence-electron chi connectivity index (χ3n) is 4.01. The number of hydrogen-bond acceptors (Lipinski definition) is 3. The van der Waals surface area contributed by atoms with E-state index in [-0.39, 0.29) is 5.78 Å². The molecular formula is C17H21NO2. The molecule has 3 rings (SSSR count). The molecule has 3 heteroatoms. The van der Waals surface area contributed by atoms with Crippen LogP contribution in [0.4, 0.5) is 5.69 Å². The topological polar surface area (TPSA) is 38.3 Å². The highest BCUT2D eigenvalue weighted by Crippen LogP contribution is 2.33. The maximum Gasteiger partial charge on any atom is 0.192 e. The summed E-state index contributed by atoms with van der Waals surface area (Å²) in [6.45, 7) is 1.42. The summed E-state index contributed by atoms with van der Waals surface area (Å²) in [7, 11) is 0. The second-order valence-corrected chi connectivity index (χ2v) is 5.47. The summed E-state index contributed by atoms with van der Waals surface area (Å²) >= 11 is 0. The minimum atomic E-state index is 0.146. The van der Waals surface area contributed by atoms with Crippen LogP contribution in [0, 0.1) is 0 Å². The summed E-state index contributed by atoms with van der Waals surface area (Å²) in [5.74, 6) is 0.874. The third-order valence-corrected chi connectivity index (χ3v) is 4.01. The van der Waals surface area contributed by atoms with E-state index in [1.54, 1.807) is 0 Å². The van der Waals surface area contributed by atoms with Gasteiger partial charge in [-0.25, -0.2) is 0 Å². The van der Waals surface area contributed by atoms with Gasteiger partial charge in [-0.05, 0) is 43.4 Å². The second kappa shape index (κ2) is 6.12. The molecule has 1 N–H and O–H groups in total. The number of anilines is 1. The van der Waals surface area contributed by atoms with E-state index in [9.17, 15) is 4.79 Å². The molecule has 106 valence electrons. The zero-order chi connectivity index (χ0) is 13.8. The fourth-order valence-electron chi connectivity index (χ4n) is 2.92. The van der Waals surface area contributed by atoms with Crippen molar-refractivity contribution >= 4 is 11.5 Å². The summed E-state index contributed by atoms with van der Waals surface area (Å²) in [5, 5.41) is 3.29. The molecule has 1 aliphatic carbocycles. The van der Waals surface area contributed by atoms with Gasteiger partial charge >= 0.3 is 0 Å². The number of Topliss-reactive ketones (excluding diaryl/α,β-unsaturated/α-hetero) is 1. The van der Waals surface area contributed by atoms with Gasteiger partial charge in [0.2, 0.25) is 0 Å². The monoisotopic (exact) mass is 271 g/mol. The number of ketones is 1. The van der Waals surface area contributed by atoms with Crippen LogP contribution in [0.15, 0.2) is 29.8 Å². The third kappa shape index (κ3) is 2.72. The van der Waals surface area contributed by atoms with Crippen LogP contribution in [0.25, 0.3) is 0 Å². The molecule has 2 aliphatic rings. The van der Waals surface area contributed by atoms with Gasteiger partial charge in [0.25, 0.3) is 0 Å². The van der Waals surface area contributed by atoms with Gasteiger partial charge in [0.1, 0.15) is 6.61 Å². The van der Waals surface area contributed by atoms with Crippen LogP contribution < -0.4 is 10.1 Å². The number of para-hydroxylation sites is 1. The van der Waals surface area contributed by atoms with E-state index in [0.717, 1.165) is 42.8 Å². The number of fused-ring (bicyclic) bond motifs is 1. The summed E-state index contributed by atoms with van der Waals surface area (Å²) in [6.07, 6.45) is 8.89. The summed E-state index contributed by atoms with van der Waals surface area (Å²) in [4.78, 5) is 12.8. The quantitative estimate of drug-likeness (QED) is 0.828. The largest absolute Gasteiger partial charge is 0.489 e. The van der Waals surface area contributed by atoms with E-state index in [2.05, 4.69) is 11.4 Å². The molecule has 1 aromatic carbocycles. The molecule has 0 fully saturated rings. The van der Waals surface area contributed by atoms with Crippen molar-refractivity contribution in [2.24, 2.45) is 0 Å². The SMILES string of the molecule is O=C(/C1=C/CCCCCC1)c1cccc2c1OCCN2. The number of ether oxygens (including phenoxy) is 1. The maximum atomic E-state index is 12.8. The van der Waals surface area contributed by atoms with E-state index >= 15 is 0 Å². The molecule has 1 aliphatic heterocycles. The Labute approximate surface area is 120 Å². The zero-order valence-electron chi connectivity index (χ0n) is 11.8. The highest BCUT2D eigenvalue weighted by atomic mass is 16.5. The van der Waals surface area contributed by atoms with Gasteiger partial charge in [0, 0.05) is 6.54 Å².